The van der Waals surface area contributed by atoms with E-state index >= 15 is 0 Å². The molecule has 0 aromatic rings. The third kappa shape index (κ3) is 3.95. The molecule has 0 heterocycles. The molecular weight excluding hydrogens is 176 g/mol. The molecule has 0 unspecified atom stereocenters. The van der Waals surface area contributed by atoms with Gasteiger partial charge in [0.1, 0.15) is 0 Å². The van der Waals surface area contributed by atoms with E-state index in [2.05, 4.69) is 11.8 Å². The zero-order valence-corrected chi connectivity index (χ0v) is 9.37. The van der Waals surface area contributed by atoms with Crippen LogP contribution in [0.25, 0.3) is 0 Å². The van der Waals surface area contributed by atoms with Gasteiger partial charge in [-0.15, -0.1) is 0 Å². The zero-order valence-electron chi connectivity index (χ0n) is 9.37. The Hall–Kier alpha value is -0.120. The summed E-state index contributed by atoms with van der Waals surface area (Å²) in [7, 11) is 0. The van der Waals surface area contributed by atoms with Crippen LogP contribution in [0.15, 0.2) is 0 Å². The normalized spacial score (nSPS) is 17.4. The highest BCUT2D eigenvalue weighted by Crippen LogP contribution is 2.23. The standard InChI is InChI=1S/C11H24N2O/c1-2-9-14-10-8-13(7-6-12)11-4-3-5-11/h11H,2-10,12H2,1H3. The van der Waals surface area contributed by atoms with Gasteiger partial charge in [-0.3, -0.25) is 4.90 Å². The van der Waals surface area contributed by atoms with Crippen molar-refractivity contribution in [2.75, 3.05) is 32.8 Å². The smallest absolute Gasteiger partial charge is 0.0593 e. The van der Waals surface area contributed by atoms with Gasteiger partial charge in [0.05, 0.1) is 6.61 Å². The molecule has 0 radical (unpaired) electrons. The lowest BCUT2D eigenvalue weighted by molar-refractivity contribution is 0.0663. The molecule has 0 aliphatic heterocycles. The SMILES string of the molecule is CCCOCCN(CCN)C1CCC1. The zero-order chi connectivity index (χ0) is 10.2. The second kappa shape index (κ2) is 7.21. The molecule has 2 N–H and O–H groups in total. The molecule has 1 fully saturated rings. The lowest BCUT2D eigenvalue weighted by Crippen LogP contribution is -2.44. The van der Waals surface area contributed by atoms with Gasteiger partial charge in [0, 0.05) is 32.3 Å². The largest absolute Gasteiger partial charge is 0.380 e. The van der Waals surface area contributed by atoms with E-state index < -0.39 is 0 Å². The average molecular weight is 200 g/mol. The van der Waals surface area contributed by atoms with E-state index in [4.69, 9.17) is 10.5 Å². The van der Waals surface area contributed by atoms with Crippen LogP contribution in [-0.2, 0) is 4.74 Å². The minimum Gasteiger partial charge on any atom is -0.380 e. The van der Waals surface area contributed by atoms with Crippen molar-refractivity contribution in [1.82, 2.24) is 4.90 Å². The fourth-order valence-corrected chi connectivity index (χ4v) is 1.82. The third-order valence-electron chi connectivity index (χ3n) is 2.88. The van der Waals surface area contributed by atoms with Crippen molar-refractivity contribution in [3.05, 3.63) is 0 Å². The maximum Gasteiger partial charge on any atom is 0.0593 e. The van der Waals surface area contributed by atoms with E-state index in [1.165, 1.54) is 19.3 Å². The lowest BCUT2D eigenvalue weighted by Gasteiger charge is -2.37. The second-order valence-electron chi connectivity index (χ2n) is 4.02. The van der Waals surface area contributed by atoms with Crippen LogP contribution in [-0.4, -0.2) is 43.8 Å². The summed E-state index contributed by atoms with van der Waals surface area (Å²) in [4.78, 5) is 2.49. The van der Waals surface area contributed by atoms with Crippen LogP contribution in [0.1, 0.15) is 32.6 Å². The van der Waals surface area contributed by atoms with Gasteiger partial charge in [0.2, 0.25) is 0 Å². The molecule has 1 aliphatic carbocycles. The number of ether oxygens (including phenoxy) is 1. The Morgan fingerprint density at radius 1 is 1.29 bits per heavy atom. The van der Waals surface area contributed by atoms with Crippen LogP contribution in [0.5, 0.6) is 0 Å². The minimum atomic E-state index is 0.768. The Morgan fingerprint density at radius 2 is 2.07 bits per heavy atom. The van der Waals surface area contributed by atoms with E-state index in [1.54, 1.807) is 0 Å². The van der Waals surface area contributed by atoms with Crippen LogP contribution in [0.3, 0.4) is 0 Å². The lowest BCUT2D eigenvalue weighted by atomic mass is 9.91. The number of hydrogen-bond donors (Lipinski definition) is 1. The minimum absolute atomic E-state index is 0.768. The van der Waals surface area contributed by atoms with Gasteiger partial charge in [-0.2, -0.15) is 0 Å². The van der Waals surface area contributed by atoms with Gasteiger partial charge in [-0.25, -0.2) is 0 Å². The molecule has 3 nitrogen and oxygen atoms in total. The summed E-state index contributed by atoms with van der Waals surface area (Å²) >= 11 is 0. The van der Waals surface area contributed by atoms with E-state index in [0.717, 1.165) is 45.3 Å². The highest BCUT2D eigenvalue weighted by Gasteiger charge is 2.23. The summed E-state index contributed by atoms with van der Waals surface area (Å²) in [6.07, 6.45) is 5.21. The molecule has 1 rings (SSSR count). The maximum absolute atomic E-state index is 5.59. The molecular formula is C11H24N2O. The van der Waals surface area contributed by atoms with E-state index in [9.17, 15) is 0 Å². The van der Waals surface area contributed by atoms with Crippen LogP contribution < -0.4 is 5.73 Å². The van der Waals surface area contributed by atoms with Gasteiger partial charge in [-0.05, 0) is 19.3 Å². The number of nitrogens with zero attached hydrogens (tertiary/aromatic N) is 1. The highest BCUT2D eigenvalue weighted by molar-refractivity contribution is 4.79. The number of hydrogen-bond acceptors (Lipinski definition) is 3. The van der Waals surface area contributed by atoms with E-state index in [-0.39, 0.29) is 0 Å². The fourth-order valence-electron chi connectivity index (χ4n) is 1.82. The summed E-state index contributed by atoms with van der Waals surface area (Å²) in [5.74, 6) is 0. The summed E-state index contributed by atoms with van der Waals surface area (Å²) in [5.41, 5.74) is 5.59. The first-order valence-corrected chi connectivity index (χ1v) is 5.90. The monoisotopic (exact) mass is 200 g/mol. The average Bonchev–Trinajstić information content (AvgIpc) is 2.10. The van der Waals surface area contributed by atoms with Crippen molar-refractivity contribution in [3.8, 4) is 0 Å². The second-order valence-corrected chi connectivity index (χ2v) is 4.02. The van der Waals surface area contributed by atoms with Gasteiger partial charge < -0.3 is 10.5 Å². The Labute approximate surface area is 87.6 Å². The van der Waals surface area contributed by atoms with Gasteiger partial charge in [0.25, 0.3) is 0 Å². The number of rotatable bonds is 8. The number of nitrogens with two attached hydrogens (primary N) is 1. The first-order chi connectivity index (χ1) is 6.88. The Bertz CT molecular complexity index is 137. The molecule has 0 aromatic carbocycles. The Balaban J connectivity index is 2.08. The van der Waals surface area contributed by atoms with Crippen LogP contribution in [0.4, 0.5) is 0 Å². The van der Waals surface area contributed by atoms with Crippen molar-refractivity contribution in [1.29, 1.82) is 0 Å². The molecule has 0 spiro atoms. The first-order valence-electron chi connectivity index (χ1n) is 5.90. The van der Waals surface area contributed by atoms with Crippen molar-refractivity contribution >= 4 is 0 Å². The predicted molar refractivity (Wildman–Crippen MR) is 59.4 cm³/mol. The Morgan fingerprint density at radius 3 is 2.57 bits per heavy atom. The molecule has 0 bridgehead atoms. The van der Waals surface area contributed by atoms with Crippen LogP contribution >= 0.6 is 0 Å². The van der Waals surface area contributed by atoms with E-state index in [1.807, 2.05) is 0 Å². The third-order valence-corrected chi connectivity index (χ3v) is 2.88. The molecule has 14 heavy (non-hydrogen) atoms. The van der Waals surface area contributed by atoms with Gasteiger partial charge in [-0.1, -0.05) is 13.3 Å². The quantitative estimate of drug-likeness (QED) is 0.599. The highest BCUT2D eigenvalue weighted by atomic mass is 16.5. The van der Waals surface area contributed by atoms with Crippen molar-refractivity contribution in [2.24, 2.45) is 5.73 Å². The molecule has 1 saturated carbocycles. The van der Waals surface area contributed by atoms with Crippen LogP contribution in [0, 0.1) is 0 Å². The topological polar surface area (TPSA) is 38.5 Å². The van der Waals surface area contributed by atoms with E-state index in [0.29, 0.717) is 0 Å². The summed E-state index contributed by atoms with van der Waals surface area (Å²) in [6.45, 7) is 6.75. The van der Waals surface area contributed by atoms with Crippen LogP contribution in [0.2, 0.25) is 0 Å². The predicted octanol–water partition coefficient (Wildman–Crippen LogP) is 1.23. The van der Waals surface area contributed by atoms with Crippen molar-refractivity contribution < 1.29 is 4.74 Å². The molecule has 1 aliphatic rings. The summed E-state index contributed by atoms with van der Waals surface area (Å²) in [5, 5.41) is 0. The molecule has 0 atom stereocenters. The summed E-state index contributed by atoms with van der Waals surface area (Å²) < 4.78 is 5.50. The molecule has 0 saturated heterocycles. The fraction of sp³-hybridized carbons (Fsp3) is 1.00. The molecule has 84 valence electrons. The Kier molecular flexibility index (Phi) is 6.15. The van der Waals surface area contributed by atoms with Gasteiger partial charge >= 0.3 is 0 Å². The molecule has 0 amide bonds. The maximum atomic E-state index is 5.59. The van der Waals surface area contributed by atoms with Crippen molar-refractivity contribution in [2.45, 2.75) is 38.6 Å². The molecule has 3 heteroatoms. The molecule has 0 aromatic heterocycles. The van der Waals surface area contributed by atoms with Gasteiger partial charge in [0.15, 0.2) is 0 Å². The first kappa shape index (κ1) is 12.0. The summed E-state index contributed by atoms with van der Waals surface area (Å²) in [6, 6.07) is 0.795. The van der Waals surface area contributed by atoms with Crippen molar-refractivity contribution in [3.63, 3.8) is 0 Å².